The largest absolute Gasteiger partial charge is 0.398 e. The van der Waals surface area contributed by atoms with E-state index in [-0.39, 0.29) is 16.5 Å². The van der Waals surface area contributed by atoms with Crippen molar-refractivity contribution in [2.75, 3.05) is 5.73 Å². The third-order valence-corrected chi connectivity index (χ3v) is 4.40. The van der Waals surface area contributed by atoms with Crippen LogP contribution in [-0.4, -0.2) is 13.6 Å². The van der Waals surface area contributed by atoms with Crippen molar-refractivity contribution in [2.45, 2.75) is 18.4 Å². The summed E-state index contributed by atoms with van der Waals surface area (Å²) in [4.78, 5) is -0.0585. The summed E-state index contributed by atoms with van der Waals surface area (Å²) in [5, 5.41) is 3.60. The molecule has 8 heteroatoms. The van der Waals surface area contributed by atoms with Crippen molar-refractivity contribution in [2.24, 2.45) is 0 Å². The molecule has 102 valence electrons. The second-order valence-corrected chi connectivity index (χ2v) is 6.09. The maximum atomic E-state index is 12.1. The highest BCUT2D eigenvalue weighted by molar-refractivity contribution is 7.89. The van der Waals surface area contributed by atoms with Gasteiger partial charge in [-0.3, -0.25) is 0 Å². The molecule has 0 spiro atoms. The van der Waals surface area contributed by atoms with Gasteiger partial charge in [-0.2, -0.15) is 0 Å². The second kappa shape index (κ2) is 5.20. The van der Waals surface area contributed by atoms with Crippen LogP contribution in [0.2, 0.25) is 5.02 Å². The first kappa shape index (κ1) is 13.9. The molecule has 2 rings (SSSR count). The molecule has 2 aromatic rings. The fraction of sp³-hybridized carbons (Fsp3) is 0.182. The van der Waals surface area contributed by atoms with Gasteiger partial charge in [0, 0.05) is 11.8 Å². The van der Waals surface area contributed by atoms with Crippen LogP contribution in [0.25, 0.3) is 0 Å². The van der Waals surface area contributed by atoms with E-state index in [1.165, 1.54) is 18.3 Å². The maximum Gasteiger partial charge on any atom is 0.242 e. The predicted octanol–water partition coefficient (Wildman–Crippen LogP) is 1.70. The Balaban J connectivity index is 2.27. The Morgan fingerprint density at radius 1 is 1.47 bits per heavy atom. The molecule has 1 aromatic heterocycles. The highest BCUT2D eigenvalue weighted by atomic mass is 35.5. The number of anilines is 1. The van der Waals surface area contributed by atoms with Gasteiger partial charge in [0.15, 0.2) is 5.76 Å². The molecule has 0 saturated heterocycles. The van der Waals surface area contributed by atoms with E-state index in [2.05, 4.69) is 9.88 Å². The third-order valence-electron chi connectivity index (χ3n) is 2.54. The Morgan fingerprint density at radius 2 is 2.21 bits per heavy atom. The Kier molecular flexibility index (Phi) is 3.79. The van der Waals surface area contributed by atoms with Crippen molar-refractivity contribution in [3.8, 4) is 0 Å². The molecule has 0 saturated carbocycles. The minimum atomic E-state index is -3.76. The van der Waals surface area contributed by atoms with Crippen LogP contribution < -0.4 is 10.5 Å². The van der Waals surface area contributed by atoms with Crippen LogP contribution in [0.15, 0.2) is 33.8 Å². The molecule has 1 aromatic carbocycles. The van der Waals surface area contributed by atoms with Crippen LogP contribution >= 0.6 is 11.6 Å². The topological polar surface area (TPSA) is 98.2 Å². The van der Waals surface area contributed by atoms with Crippen molar-refractivity contribution < 1.29 is 12.9 Å². The summed E-state index contributed by atoms with van der Waals surface area (Å²) in [5.41, 5.74) is 6.78. The Labute approximate surface area is 115 Å². The van der Waals surface area contributed by atoms with E-state index in [1.807, 2.05) is 0 Å². The number of nitrogens with zero attached hydrogens (tertiary/aromatic N) is 1. The number of sulfonamides is 1. The lowest BCUT2D eigenvalue weighted by molar-refractivity contribution is 0.380. The molecule has 0 fully saturated rings. The SMILES string of the molecule is Cc1cc(Cl)c(S(=O)(=O)NCc2ccno2)cc1N. The van der Waals surface area contributed by atoms with Gasteiger partial charge < -0.3 is 10.3 Å². The maximum absolute atomic E-state index is 12.1. The second-order valence-electron chi connectivity index (χ2n) is 3.94. The van der Waals surface area contributed by atoms with Gasteiger partial charge in [0.05, 0.1) is 17.8 Å². The molecule has 0 radical (unpaired) electrons. The first-order chi connectivity index (χ1) is 8.90. The summed E-state index contributed by atoms with van der Waals surface area (Å²) in [7, 11) is -3.76. The smallest absolute Gasteiger partial charge is 0.242 e. The van der Waals surface area contributed by atoms with E-state index in [4.69, 9.17) is 21.9 Å². The Bertz CT molecular complexity index is 683. The van der Waals surface area contributed by atoms with Gasteiger partial charge in [-0.25, -0.2) is 13.1 Å². The van der Waals surface area contributed by atoms with Crippen molar-refractivity contribution in [3.63, 3.8) is 0 Å². The monoisotopic (exact) mass is 301 g/mol. The molecule has 0 amide bonds. The average molecular weight is 302 g/mol. The van der Waals surface area contributed by atoms with Crippen LogP contribution in [0, 0.1) is 6.92 Å². The van der Waals surface area contributed by atoms with Crippen LogP contribution in [0.3, 0.4) is 0 Å². The van der Waals surface area contributed by atoms with Gasteiger partial charge in [-0.15, -0.1) is 0 Å². The number of nitrogens with two attached hydrogens (primary N) is 1. The van der Waals surface area contributed by atoms with E-state index in [9.17, 15) is 8.42 Å². The van der Waals surface area contributed by atoms with Gasteiger partial charge in [-0.1, -0.05) is 16.8 Å². The number of halogens is 1. The van der Waals surface area contributed by atoms with Gasteiger partial charge >= 0.3 is 0 Å². The van der Waals surface area contributed by atoms with Crippen LogP contribution in [-0.2, 0) is 16.6 Å². The zero-order valence-electron chi connectivity index (χ0n) is 10.1. The lowest BCUT2D eigenvalue weighted by Crippen LogP contribution is -2.23. The number of aromatic nitrogens is 1. The normalized spacial score (nSPS) is 11.7. The number of rotatable bonds is 4. The summed E-state index contributed by atoms with van der Waals surface area (Å²) in [6.07, 6.45) is 1.43. The van der Waals surface area contributed by atoms with Crippen LogP contribution in [0.1, 0.15) is 11.3 Å². The van der Waals surface area contributed by atoms with E-state index in [0.29, 0.717) is 11.4 Å². The van der Waals surface area contributed by atoms with Gasteiger partial charge in [0.2, 0.25) is 10.0 Å². The van der Waals surface area contributed by atoms with Crippen molar-refractivity contribution >= 4 is 27.3 Å². The molecule has 0 aliphatic rings. The van der Waals surface area contributed by atoms with Crippen LogP contribution in [0.4, 0.5) is 5.69 Å². The summed E-state index contributed by atoms with van der Waals surface area (Å²) >= 11 is 5.94. The Morgan fingerprint density at radius 3 is 2.84 bits per heavy atom. The molecule has 0 unspecified atom stereocenters. The van der Waals surface area contributed by atoms with Crippen molar-refractivity contribution in [1.29, 1.82) is 0 Å². The summed E-state index contributed by atoms with van der Waals surface area (Å²) in [6, 6.07) is 4.41. The van der Waals surface area contributed by atoms with Crippen molar-refractivity contribution in [3.05, 3.63) is 40.7 Å². The fourth-order valence-electron chi connectivity index (χ4n) is 1.45. The average Bonchev–Trinajstić information content (AvgIpc) is 2.84. The minimum Gasteiger partial charge on any atom is -0.398 e. The van der Waals surface area contributed by atoms with E-state index in [1.54, 1.807) is 13.0 Å². The number of hydrogen-bond donors (Lipinski definition) is 2. The number of nitrogen functional groups attached to an aromatic ring is 1. The highest BCUT2D eigenvalue weighted by Gasteiger charge is 2.19. The molecular weight excluding hydrogens is 290 g/mol. The molecule has 0 bridgehead atoms. The third kappa shape index (κ3) is 3.06. The molecular formula is C11H12ClN3O3S. The molecule has 0 aliphatic heterocycles. The predicted molar refractivity (Wildman–Crippen MR) is 71.1 cm³/mol. The molecule has 19 heavy (non-hydrogen) atoms. The number of nitrogens with one attached hydrogen (secondary N) is 1. The number of hydrogen-bond acceptors (Lipinski definition) is 5. The number of benzene rings is 1. The van der Waals surface area contributed by atoms with E-state index in [0.717, 1.165) is 5.56 Å². The number of aryl methyl sites for hydroxylation is 1. The fourth-order valence-corrected chi connectivity index (χ4v) is 3.06. The molecule has 1 heterocycles. The lowest BCUT2D eigenvalue weighted by Gasteiger charge is -2.09. The first-order valence-corrected chi connectivity index (χ1v) is 7.21. The molecule has 3 N–H and O–H groups in total. The standard InChI is InChI=1S/C11H12ClN3O3S/c1-7-4-9(12)11(5-10(7)13)19(16,17)15-6-8-2-3-14-18-8/h2-5,15H,6,13H2,1H3. The zero-order valence-corrected chi connectivity index (χ0v) is 11.6. The van der Waals surface area contributed by atoms with Crippen molar-refractivity contribution in [1.82, 2.24) is 9.88 Å². The van der Waals surface area contributed by atoms with Gasteiger partial charge in [0.25, 0.3) is 0 Å². The zero-order chi connectivity index (χ0) is 14.0. The molecule has 6 nitrogen and oxygen atoms in total. The van der Waals surface area contributed by atoms with Gasteiger partial charge in [-0.05, 0) is 24.6 Å². The quantitative estimate of drug-likeness (QED) is 0.837. The van der Waals surface area contributed by atoms with Gasteiger partial charge in [0.1, 0.15) is 4.90 Å². The first-order valence-electron chi connectivity index (χ1n) is 5.35. The van der Waals surface area contributed by atoms with Crippen LogP contribution in [0.5, 0.6) is 0 Å². The summed E-state index contributed by atoms with van der Waals surface area (Å²) < 4.78 is 31.4. The van der Waals surface area contributed by atoms with E-state index >= 15 is 0 Å². The molecule has 0 aliphatic carbocycles. The highest BCUT2D eigenvalue weighted by Crippen LogP contribution is 2.26. The minimum absolute atomic E-state index is 0.00750. The molecule has 0 atom stereocenters. The van der Waals surface area contributed by atoms with E-state index < -0.39 is 10.0 Å². The summed E-state index contributed by atoms with van der Waals surface area (Å²) in [6.45, 7) is 1.74. The lowest BCUT2D eigenvalue weighted by atomic mass is 10.2. The summed E-state index contributed by atoms with van der Waals surface area (Å²) in [5.74, 6) is 0.403. The Hall–Kier alpha value is -1.57.